The molecule has 1 aliphatic heterocycles. The largest absolute Gasteiger partial charge is 0.326 e. The van der Waals surface area contributed by atoms with Gasteiger partial charge in [-0.25, -0.2) is 8.42 Å². The van der Waals surface area contributed by atoms with Crippen molar-refractivity contribution in [3.05, 3.63) is 28.8 Å². The van der Waals surface area contributed by atoms with Gasteiger partial charge in [-0.15, -0.1) is 0 Å². The smallest absolute Gasteiger partial charge is 0.243 e. The Bertz CT molecular complexity index is 609. The molecule has 0 radical (unpaired) electrons. The minimum atomic E-state index is -3.58. The lowest BCUT2D eigenvalue weighted by atomic mass is 10.2. The molecule has 5 nitrogen and oxygen atoms in total. The van der Waals surface area contributed by atoms with E-state index in [1.807, 2.05) is 6.07 Å². The lowest BCUT2D eigenvalue weighted by Gasteiger charge is -2.16. The standard InChI is InChI=1S/C11H12ClN3O2S/c12-11-2-1-10(5-8(11)6-13)18(16,17)15-4-3-9(14)7-15/h1-2,5,9H,3-4,7,14H2/t9-/m1/s1. The third-order valence-corrected chi connectivity index (χ3v) is 5.07. The van der Waals surface area contributed by atoms with Crippen molar-refractivity contribution in [2.75, 3.05) is 13.1 Å². The number of nitrogens with zero attached hydrogens (tertiary/aromatic N) is 2. The number of rotatable bonds is 2. The molecule has 0 bridgehead atoms. The maximum absolute atomic E-state index is 12.3. The third-order valence-electron chi connectivity index (χ3n) is 2.88. The summed E-state index contributed by atoms with van der Waals surface area (Å²) < 4.78 is 25.9. The van der Waals surface area contributed by atoms with Crippen molar-refractivity contribution in [2.24, 2.45) is 5.73 Å². The first kappa shape index (κ1) is 13.3. The number of nitriles is 1. The summed E-state index contributed by atoms with van der Waals surface area (Å²) in [6.07, 6.45) is 0.651. The van der Waals surface area contributed by atoms with Crippen LogP contribution in [0.5, 0.6) is 0 Å². The van der Waals surface area contributed by atoms with E-state index in [1.165, 1.54) is 22.5 Å². The molecule has 1 aromatic rings. The van der Waals surface area contributed by atoms with Gasteiger partial charge in [0.25, 0.3) is 0 Å². The van der Waals surface area contributed by atoms with Gasteiger partial charge in [-0.1, -0.05) is 11.6 Å². The molecular formula is C11H12ClN3O2S. The van der Waals surface area contributed by atoms with Crippen LogP contribution in [0.3, 0.4) is 0 Å². The summed E-state index contributed by atoms with van der Waals surface area (Å²) in [5.74, 6) is 0. The Morgan fingerprint density at radius 1 is 1.50 bits per heavy atom. The van der Waals surface area contributed by atoms with Crippen molar-refractivity contribution < 1.29 is 8.42 Å². The van der Waals surface area contributed by atoms with Crippen LogP contribution < -0.4 is 5.73 Å². The molecule has 1 saturated heterocycles. The molecule has 0 saturated carbocycles. The zero-order chi connectivity index (χ0) is 13.3. The fraction of sp³-hybridized carbons (Fsp3) is 0.364. The normalized spacial score (nSPS) is 20.8. The average molecular weight is 286 g/mol. The summed E-state index contributed by atoms with van der Waals surface area (Å²) in [5, 5.41) is 9.10. The zero-order valence-electron chi connectivity index (χ0n) is 9.51. The lowest BCUT2D eigenvalue weighted by Crippen LogP contribution is -2.32. The summed E-state index contributed by atoms with van der Waals surface area (Å²) in [4.78, 5) is 0.0811. The van der Waals surface area contributed by atoms with Gasteiger partial charge in [0.2, 0.25) is 10.0 Å². The summed E-state index contributed by atoms with van der Waals surface area (Å²) >= 11 is 5.78. The number of sulfonamides is 1. The predicted octanol–water partition coefficient (Wildman–Crippen LogP) is 0.933. The lowest BCUT2D eigenvalue weighted by molar-refractivity contribution is 0.472. The first-order valence-corrected chi connectivity index (χ1v) is 7.22. The van der Waals surface area contributed by atoms with Crippen LogP contribution in [0, 0.1) is 11.3 Å². The van der Waals surface area contributed by atoms with E-state index in [2.05, 4.69) is 0 Å². The molecule has 1 aromatic carbocycles. The van der Waals surface area contributed by atoms with Gasteiger partial charge in [0.1, 0.15) is 6.07 Å². The predicted molar refractivity (Wildman–Crippen MR) is 67.5 cm³/mol. The van der Waals surface area contributed by atoms with Gasteiger partial charge >= 0.3 is 0 Å². The summed E-state index contributed by atoms with van der Waals surface area (Å²) in [7, 11) is -3.58. The highest BCUT2D eigenvalue weighted by molar-refractivity contribution is 7.89. The second kappa shape index (κ2) is 4.86. The first-order chi connectivity index (χ1) is 8.45. The molecule has 18 heavy (non-hydrogen) atoms. The van der Waals surface area contributed by atoms with E-state index >= 15 is 0 Å². The van der Waals surface area contributed by atoms with Crippen LogP contribution >= 0.6 is 11.6 Å². The van der Waals surface area contributed by atoms with Crippen LogP contribution in [-0.4, -0.2) is 31.9 Å². The highest BCUT2D eigenvalue weighted by Crippen LogP contribution is 2.24. The molecule has 1 atom stereocenters. The van der Waals surface area contributed by atoms with Crippen LogP contribution in [0.25, 0.3) is 0 Å². The molecule has 1 fully saturated rings. The van der Waals surface area contributed by atoms with Crippen LogP contribution in [0.1, 0.15) is 12.0 Å². The SMILES string of the molecule is N#Cc1cc(S(=O)(=O)N2CC[C@@H](N)C2)ccc1Cl. The van der Waals surface area contributed by atoms with Gasteiger partial charge in [-0.05, 0) is 24.6 Å². The number of hydrogen-bond acceptors (Lipinski definition) is 4. The van der Waals surface area contributed by atoms with E-state index in [4.69, 9.17) is 22.6 Å². The second-order valence-corrected chi connectivity index (χ2v) is 6.51. The topological polar surface area (TPSA) is 87.2 Å². The van der Waals surface area contributed by atoms with Gasteiger partial charge in [-0.3, -0.25) is 0 Å². The number of halogens is 1. The van der Waals surface area contributed by atoms with Gasteiger partial charge < -0.3 is 5.73 Å². The van der Waals surface area contributed by atoms with Crippen molar-refractivity contribution in [1.82, 2.24) is 4.31 Å². The quantitative estimate of drug-likeness (QED) is 0.876. The molecule has 0 spiro atoms. The first-order valence-electron chi connectivity index (χ1n) is 5.40. The Morgan fingerprint density at radius 3 is 2.78 bits per heavy atom. The van der Waals surface area contributed by atoms with Gasteiger partial charge in [0, 0.05) is 19.1 Å². The molecule has 0 aliphatic carbocycles. The molecule has 0 aromatic heterocycles. The van der Waals surface area contributed by atoms with Crippen LogP contribution in [-0.2, 0) is 10.0 Å². The molecule has 2 N–H and O–H groups in total. The fourth-order valence-electron chi connectivity index (χ4n) is 1.87. The summed E-state index contributed by atoms with van der Waals surface area (Å²) in [6, 6.07) is 5.86. The van der Waals surface area contributed by atoms with Gasteiger partial charge in [-0.2, -0.15) is 9.57 Å². The maximum Gasteiger partial charge on any atom is 0.243 e. The van der Waals surface area contributed by atoms with E-state index in [0.717, 1.165) is 0 Å². The minimum Gasteiger partial charge on any atom is -0.326 e. The Morgan fingerprint density at radius 2 is 2.22 bits per heavy atom. The Kier molecular flexibility index (Phi) is 3.59. The highest BCUT2D eigenvalue weighted by atomic mass is 35.5. The zero-order valence-corrected chi connectivity index (χ0v) is 11.1. The van der Waals surface area contributed by atoms with Crippen molar-refractivity contribution in [2.45, 2.75) is 17.4 Å². The molecule has 1 heterocycles. The van der Waals surface area contributed by atoms with Crippen molar-refractivity contribution in [1.29, 1.82) is 5.26 Å². The average Bonchev–Trinajstić information content (AvgIpc) is 2.77. The van der Waals surface area contributed by atoms with Gasteiger partial charge in [0.15, 0.2) is 0 Å². The maximum atomic E-state index is 12.3. The molecule has 7 heteroatoms. The molecule has 0 amide bonds. The van der Waals surface area contributed by atoms with E-state index in [9.17, 15) is 8.42 Å². The fourth-order valence-corrected chi connectivity index (χ4v) is 3.57. The third kappa shape index (κ3) is 2.35. The summed E-state index contributed by atoms with van der Waals surface area (Å²) in [6.45, 7) is 0.723. The molecule has 2 rings (SSSR count). The van der Waals surface area contributed by atoms with E-state index < -0.39 is 10.0 Å². The van der Waals surface area contributed by atoms with Gasteiger partial charge in [0.05, 0.1) is 15.5 Å². The Hall–Kier alpha value is -1.13. The Balaban J connectivity index is 2.39. The summed E-state index contributed by atoms with van der Waals surface area (Å²) in [5.41, 5.74) is 5.85. The highest BCUT2D eigenvalue weighted by Gasteiger charge is 2.31. The minimum absolute atomic E-state index is 0.0811. The number of hydrogen-bond donors (Lipinski definition) is 1. The molecular weight excluding hydrogens is 274 g/mol. The van der Waals surface area contributed by atoms with E-state index in [0.29, 0.717) is 19.5 Å². The van der Waals surface area contributed by atoms with Crippen molar-refractivity contribution in [3.63, 3.8) is 0 Å². The molecule has 1 aliphatic rings. The monoisotopic (exact) mass is 285 g/mol. The van der Waals surface area contributed by atoms with E-state index in [-0.39, 0.29) is 21.5 Å². The van der Waals surface area contributed by atoms with Crippen LogP contribution in [0.15, 0.2) is 23.1 Å². The Labute approximate surface area is 111 Å². The number of nitrogens with two attached hydrogens (primary N) is 1. The molecule has 96 valence electrons. The van der Waals surface area contributed by atoms with E-state index in [1.54, 1.807) is 0 Å². The molecule has 0 unspecified atom stereocenters. The van der Waals surface area contributed by atoms with Crippen molar-refractivity contribution >= 4 is 21.6 Å². The second-order valence-electron chi connectivity index (χ2n) is 4.17. The number of benzene rings is 1. The van der Waals surface area contributed by atoms with Crippen LogP contribution in [0.2, 0.25) is 5.02 Å². The van der Waals surface area contributed by atoms with Crippen molar-refractivity contribution in [3.8, 4) is 6.07 Å². The van der Waals surface area contributed by atoms with Crippen LogP contribution in [0.4, 0.5) is 0 Å².